The molecule has 1 atom stereocenters. The molecular formula is C13H19INP. The summed E-state index contributed by atoms with van der Waals surface area (Å²) in [6.45, 7) is 4.61. The zero-order chi connectivity index (χ0) is 11.1. The Kier molecular flexibility index (Phi) is 7.97. The molecule has 3 heteroatoms. The Morgan fingerprint density at radius 1 is 1.19 bits per heavy atom. The van der Waals surface area contributed by atoms with Crippen molar-refractivity contribution >= 4 is 12.6 Å². The van der Waals surface area contributed by atoms with Gasteiger partial charge in [0, 0.05) is 7.26 Å². The first-order valence-corrected chi connectivity index (χ1v) is 8.10. The Hall–Kier alpha value is -0.130. The molecule has 0 aliphatic heterocycles. The number of hydrogen-bond acceptors (Lipinski definition) is 1. The minimum Gasteiger partial charge on any atom is -1.00 e. The first-order chi connectivity index (χ1) is 7.23. The van der Waals surface area contributed by atoms with Gasteiger partial charge < -0.3 is 24.0 Å². The van der Waals surface area contributed by atoms with Crippen LogP contribution in [0.25, 0.3) is 0 Å². The number of hydrogen-bond donors (Lipinski definition) is 0. The van der Waals surface area contributed by atoms with E-state index in [1.54, 1.807) is 0 Å². The molecule has 0 N–H and O–H groups in total. The highest BCUT2D eigenvalue weighted by molar-refractivity contribution is 7.82. The molecule has 0 saturated heterocycles. The van der Waals surface area contributed by atoms with E-state index in [1.807, 2.05) is 0 Å². The molecule has 1 rings (SSSR count). The van der Waals surface area contributed by atoms with Gasteiger partial charge in [0.25, 0.3) is 0 Å². The van der Waals surface area contributed by atoms with E-state index in [1.165, 1.54) is 17.9 Å². The van der Waals surface area contributed by atoms with Crippen LogP contribution in [0.15, 0.2) is 30.3 Å². The maximum atomic E-state index is 8.71. The smallest absolute Gasteiger partial charge is 0.0936 e. The third-order valence-electron chi connectivity index (χ3n) is 2.81. The molecule has 16 heavy (non-hydrogen) atoms. The van der Waals surface area contributed by atoms with Crippen LogP contribution >= 0.6 is 7.26 Å². The molecule has 0 fully saturated rings. The largest absolute Gasteiger partial charge is 1.00 e. The summed E-state index contributed by atoms with van der Waals surface area (Å²) in [6.07, 6.45) is 4.24. The molecule has 1 nitrogen and oxygen atoms in total. The van der Waals surface area contributed by atoms with Crippen molar-refractivity contribution in [2.45, 2.75) is 19.8 Å². The average molecular weight is 347 g/mol. The van der Waals surface area contributed by atoms with E-state index < -0.39 is 7.26 Å². The Morgan fingerprint density at radius 2 is 1.81 bits per heavy atom. The van der Waals surface area contributed by atoms with Crippen LogP contribution in [0.2, 0.25) is 0 Å². The van der Waals surface area contributed by atoms with Gasteiger partial charge in [0.15, 0.2) is 0 Å². The van der Waals surface area contributed by atoms with Crippen LogP contribution in [0, 0.1) is 11.3 Å². The van der Waals surface area contributed by atoms with Gasteiger partial charge in [-0.2, -0.15) is 5.26 Å². The highest BCUT2D eigenvalue weighted by Gasteiger charge is 2.32. The van der Waals surface area contributed by atoms with E-state index in [0.717, 1.165) is 6.16 Å². The molecule has 0 bridgehead atoms. The average Bonchev–Trinajstić information content (AvgIpc) is 2.28. The van der Waals surface area contributed by atoms with Crippen LogP contribution in [0.5, 0.6) is 0 Å². The molecular weight excluding hydrogens is 328 g/mol. The van der Waals surface area contributed by atoms with Crippen molar-refractivity contribution in [3.05, 3.63) is 30.3 Å². The summed E-state index contributed by atoms with van der Waals surface area (Å²) < 4.78 is 0. The first kappa shape index (κ1) is 15.9. The molecule has 0 amide bonds. The molecule has 88 valence electrons. The van der Waals surface area contributed by atoms with Crippen molar-refractivity contribution in [1.29, 1.82) is 5.26 Å². The summed E-state index contributed by atoms with van der Waals surface area (Å²) >= 11 is 0. The summed E-state index contributed by atoms with van der Waals surface area (Å²) in [5.41, 5.74) is 0. The summed E-state index contributed by atoms with van der Waals surface area (Å²) in [7, 11) is -1.06. The highest BCUT2D eigenvalue weighted by atomic mass is 127. The van der Waals surface area contributed by atoms with Gasteiger partial charge >= 0.3 is 0 Å². The molecule has 0 aromatic heterocycles. The SMILES string of the molecule is CCC[P+](C)(CCC#N)c1ccccc1.[I-]. The lowest BCUT2D eigenvalue weighted by Gasteiger charge is -2.21. The van der Waals surface area contributed by atoms with Crippen LogP contribution in [0.4, 0.5) is 0 Å². The lowest BCUT2D eigenvalue weighted by molar-refractivity contribution is -0.00000351. The van der Waals surface area contributed by atoms with Crippen LogP contribution in [-0.4, -0.2) is 19.0 Å². The number of halogens is 1. The molecule has 0 aliphatic carbocycles. The quantitative estimate of drug-likeness (QED) is 0.555. The predicted octanol–water partition coefficient (Wildman–Crippen LogP) is 0.287. The summed E-state index contributed by atoms with van der Waals surface area (Å²) in [6, 6.07) is 13.0. The fourth-order valence-corrected chi connectivity index (χ4v) is 5.16. The van der Waals surface area contributed by atoms with Crippen LogP contribution in [0.3, 0.4) is 0 Å². The monoisotopic (exact) mass is 347 g/mol. The molecule has 1 unspecified atom stereocenters. The number of nitrogens with zero attached hydrogens (tertiary/aromatic N) is 1. The molecule has 1 aromatic carbocycles. The van der Waals surface area contributed by atoms with Gasteiger partial charge in [-0.05, 0) is 18.6 Å². The van der Waals surface area contributed by atoms with E-state index in [-0.39, 0.29) is 24.0 Å². The molecule has 0 heterocycles. The Bertz CT molecular complexity index is 334. The Labute approximate surface area is 117 Å². The Morgan fingerprint density at radius 3 is 2.31 bits per heavy atom. The first-order valence-electron chi connectivity index (χ1n) is 5.50. The highest BCUT2D eigenvalue weighted by Crippen LogP contribution is 2.54. The molecule has 0 radical (unpaired) electrons. The Balaban J connectivity index is 0.00000225. The van der Waals surface area contributed by atoms with Crippen LogP contribution < -0.4 is 29.3 Å². The van der Waals surface area contributed by atoms with Crippen molar-refractivity contribution in [1.82, 2.24) is 0 Å². The van der Waals surface area contributed by atoms with Gasteiger partial charge in [-0.15, -0.1) is 0 Å². The zero-order valence-corrected chi connectivity index (χ0v) is 13.0. The van der Waals surface area contributed by atoms with Gasteiger partial charge in [-0.3, -0.25) is 0 Å². The minimum atomic E-state index is -1.06. The van der Waals surface area contributed by atoms with E-state index in [4.69, 9.17) is 5.26 Å². The number of nitriles is 1. The third-order valence-corrected chi connectivity index (χ3v) is 7.00. The molecule has 1 aromatic rings. The van der Waals surface area contributed by atoms with Crippen LogP contribution in [-0.2, 0) is 0 Å². The van der Waals surface area contributed by atoms with Gasteiger partial charge in [-0.25, -0.2) is 0 Å². The lowest BCUT2D eigenvalue weighted by atomic mass is 10.4. The summed E-state index contributed by atoms with van der Waals surface area (Å²) in [4.78, 5) is 0. The van der Waals surface area contributed by atoms with Gasteiger partial charge in [0.05, 0.1) is 36.8 Å². The number of benzene rings is 1. The van der Waals surface area contributed by atoms with Gasteiger partial charge in [0.2, 0.25) is 0 Å². The second-order valence-electron chi connectivity index (χ2n) is 4.09. The van der Waals surface area contributed by atoms with Gasteiger partial charge in [-0.1, -0.05) is 25.1 Å². The third kappa shape index (κ3) is 4.39. The van der Waals surface area contributed by atoms with Gasteiger partial charge in [0.1, 0.15) is 0 Å². The second kappa shape index (κ2) is 8.03. The number of rotatable bonds is 5. The maximum Gasteiger partial charge on any atom is 0.0936 e. The topological polar surface area (TPSA) is 23.8 Å². The maximum absolute atomic E-state index is 8.71. The lowest BCUT2D eigenvalue weighted by Crippen LogP contribution is -3.00. The molecule has 0 saturated carbocycles. The van der Waals surface area contributed by atoms with Crippen molar-refractivity contribution in [2.24, 2.45) is 0 Å². The van der Waals surface area contributed by atoms with Crippen molar-refractivity contribution < 1.29 is 24.0 Å². The van der Waals surface area contributed by atoms with Crippen molar-refractivity contribution in [3.8, 4) is 6.07 Å². The second-order valence-corrected chi connectivity index (χ2v) is 8.29. The van der Waals surface area contributed by atoms with E-state index in [2.05, 4.69) is 50.0 Å². The predicted molar refractivity (Wildman–Crippen MR) is 69.2 cm³/mol. The standard InChI is InChI=1S/C13H19NP.HI/c1-3-11-15(2,12-7-10-14)13-8-5-4-6-9-13;/h4-6,8-9H,3,7,11-12H2,1-2H3;1H/q+1;/p-1. The zero-order valence-electron chi connectivity index (χ0n) is 9.99. The normalized spacial score (nSPS) is 13.3. The molecule has 0 aliphatic rings. The van der Waals surface area contributed by atoms with E-state index in [0.29, 0.717) is 6.42 Å². The van der Waals surface area contributed by atoms with Crippen LogP contribution in [0.1, 0.15) is 19.8 Å². The molecule has 0 spiro atoms. The van der Waals surface area contributed by atoms with E-state index >= 15 is 0 Å². The summed E-state index contributed by atoms with van der Waals surface area (Å²) in [5.74, 6) is 0. The minimum absolute atomic E-state index is 0. The fraction of sp³-hybridized carbons (Fsp3) is 0.462. The van der Waals surface area contributed by atoms with E-state index in [9.17, 15) is 0 Å². The van der Waals surface area contributed by atoms with Crippen molar-refractivity contribution in [2.75, 3.05) is 19.0 Å². The van der Waals surface area contributed by atoms with Crippen molar-refractivity contribution in [3.63, 3.8) is 0 Å². The fourth-order valence-electron chi connectivity index (χ4n) is 1.95. The summed E-state index contributed by atoms with van der Waals surface area (Å²) in [5, 5.41) is 10.2.